The number of rotatable bonds is 0. The molecule has 4 heteroatoms. The number of nitrogens with zero attached hydrogens (tertiary/aromatic N) is 3. The summed E-state index contributed by atoms with van der Waals surface area (Å²) >= 11 is 0. The van der Waals surface area contributed by atoms with Crippen molar-refractivity contribution in [2.75, 3.05) is 0 Å². The fourth-order valence-electron chi connectivity index (χ4n) is 0.0499. The van der Waals surface area contributed by atoms with Crippen LogP contribution < -0.4 is 0 Å². The van der Waals surface area contributed by atoms with E-state index in [2.05, 4.69) is 16.9 Å². The van der Waals surface area contributed by atoms with Crippen molar-refractivity contribution in [3.8, 4) is 0 Å². The molecule has 0 rings (SSSR count). The first-order valence-corrected chi connectivity index (χ1v) is 1.18. The van der Waals surface area contributed by atoms with E-state index in [9.17, 15) is 4.79 Å². The summed E-state index contributed by atoms with van der Waals surface area (Å²) in [5.74, 6) is -0.752. The molecule has 0 unspecified atom stereocenters. The Bertz CT molecular complexity index is 101. The highest BCUT2D eigenvalue weighted by Crippen LogP contribution is 1.66. The molecule has 1 amide bonds. The van der Waals surface area contributed by atoms with Crippen molar-refractivity contribution in [1.82, 2.24) is 0 Å². The lowest BCUT2D eigenvalue weighted by Gasteiger charge is -1.61. The minimum absolute atomic E-state index is 0.752. The summed E-state index contributed by atoms with van der Waals surface area (Å²) in [6.07, 6.45) is 0. The Morgan fingerprint density at radius 3 is 2.50 bits per heavy atom. The zero-order valence-electron chi connectivity index (χ0n) is 2.96. The molecule has 4 nitrogen and oxygen atoms in total. The first kappa shape index (κ1) is 4.98. The second-order valence-electron chi connectivity index (χ2n) is 0.583. The Kier molecular flexibility index (Phi) is 1.85. The molecular formula is C2H2N3O. The van der Waals surface area contributed by atoms with Crippen LogP contribution in [0.15, 0.2) is 5.11 Å². The summed E-state index contributed by atoms with van der Waals surface area (Å²) < 4.78 is 0. The summed E-state index contributed by atoms with van der Waals surface area (Å²) in [4.78, 5) is 11.7. The molecule has 0 aliphatic rings. The molecule has 0 saturated heterocycles. The molecule has 0 saturated carbocycles. The van der Waals surface area contributed by atoms with Crippen molar-refractivity contribution >= 4 is 5.91 Å². The summed E-state index contributed by atoms with van der Waals surface area (Å²) in [5.41, 5.74) is 7.43. The number of amides is 1. The highest BCUT2D eigenvalue weighted by molar-refractivity contribution is 5.80. The van der Waals surface area contributed by atoms with Crippen molar-refractivity contribution in [3.05, 3.63) is 17.4 Å². The van der Waals surface area contributed by atoms with Crippen LogP contribution in [0, 0.1) is 6.92 Å². The first-order chi connectivity index (χ1) is 2.77. The molecule has 6 heavy (non-hydrogen) atoms. The number of carbonyl (C=O) groups excluding carboxylic acids is 1. The van der Waals surface area contributed by atoms with Crippen LogP contribution in [0.1, 0.15) is 0 Å². The maximum atomic E-state index is 9.51. The van der Waals surface area contributed by atoms with Crippen LogP contribution in [0.3, 0.4) is 0 Å². The lowest BCUT2D eigenvalue weighted by atomic mass is 10.8. The van der Waals surface area contributed by atoms with Gasteiger partial charge in [-0.2, -0.15) is 0 Å². The molecule has 0 aromatic carbocycles. The Balaban J connectivity index is 3.60. The van der Waals surface area contributed by atoms with E-state index in [0.717, 1.165) is 0 Å². The van der Waals surface area contributed by atoms with Crippen LogP contribution in [-0.2, 0) is 4.79 Å². The van der Waals surface area contributed by atoms with Gasteiger partial charge in [-0.15, -0.1) is 0 Å². The van der Waals surface area contributed by atoms with Crippen molar-refractivity contribution in [1.29, 1.82) is 0 Å². The molecule has 0 aromatic rings. The maximum absolute atomic E-state index is 9.51. The third kappa shape index (κ3) is 2.98. The smallest absolute Gasteiger partial charge is 0.219 e. The molecule has 0 N–H and O–H groups in total. The van der Waals surface area contributed by atoms with Crippen molar-refractivity contribution in [3.63, 3.8) is 0 Å². The van der Waals surface area contributed by atoms with Gasteiger partial charge in [-0.05, 0) is 10.6 Å². The Morgan fingerprint density at radius 1 is 2.00 bits per heavy atom. The zero-order valence-corrected chi connectivity index (χ0v) is 2.96. The van der Waals surface area contributed by atoms with Gasteiger partial charge in [0.25, 0.3) is 0 Å². The van der Waals surface area contributed by atoms with Gasteiger partial charge in [0, 0.05) is 11.8 Å². The number of hydrogen-bond donors (Lipinski definition) is 0. The average Bonchev–Trinajstić information content (AvgIpc) is 1.35. The summed E-state index contributed by atoms with van der Waals surface area (Å²) in [6, 6.07) is 0. The molecule has 0 fully saturated rings. The normalized spacial score (nSPS) is 6.17. The summed E-state index contributed by atoms with van der Waals surface area (Å²) in [5, 5.41) is 2.56. The van der Waals surface area contributed by atoms with Crippen LogP contribution >= 0.6 is 0 Å². The number of carbonyl (C=O) groups is 1. The second-order valence-corrected chi connectivity index (χ2v) is 0.583. The second kappa shape index (κ2) is 2.23. The molecule has 0 aliphatic carbocycles. The fourth-order valence-corrected chi connectivity index (χ4v) is 0.0499. The first-order valence-electron chi connectivity index (χ1n) is 1.18. The van der Waals surface area contributed by atoms with Gasteiger partial charge in [-0.3, -0.25) is 4.79 Å². The van der Waals surface area contributed by atoms with E-state index in [1.54, 1.807) is 0 Å². The van der Waals surface area contributed by atoms with Crippen LogP contribution in [-0.4, -0.2) is 5.91 Å². The van der Waals surface area contributed by atoms with Gasteiger partial charge in [0.15, 0.2) is 0 Å². The predicted octanol–water partition coefficient (Wildman–Crippen LogP) is 0.657. The maximum Gasteiger partial charge on any atom is 0.219 e. The number of hydrogen-bond acceptors (Lipinski definition) is 1. The molecular weight excluding hydrogens is 82.0 g/mol. The largest absolute Gasteiger partial charge is 0.293 e. The van der Waals surface area contributed by atoms with Gasteiger partial charge in [0.1, 0.15) is 0 Å². The average molecular weight is 84.1 g/mol. The van der Waals surface area contributed by atoms with E-state index in [0.29, 0.717) is 0 Å². The van der Waals surface area contributed by atoms with Crippen LogP contribution in [0.2, 0.25) is 0 Å². The minimum atomic E-state index is -0.752. The molecule has 1 radical (unpaired) electrons. The van der Waals surface area contributed by atoms with E-state index in [1.807, 2.05) is 0 Å². The van der Waals surface area contributed by atoms with Gasteiger partial charge in [-0.25, -0.2) is 0 Å². The zero-order chi connectivity index (χ0) is 4.99. The van der Waals surface area contributed by atoms with Crippen molar-refractivity contribution < 1.29 is 4.79 Å². The van der Waals surface area contributed by atoms with Gasteiger partial charge in [0.05, 0.1) is 0 Å². The Morgan fingerprint density at radius 2 is 2.50 bits per heavy atom. The van der Waals surface area contributed by atoms with Crippen molar-refractivity contribution in [2.45, 2.75) is 0 Å². The standard InChI is InChI=1S/C2H2N3O/c1-2(6)4-5-3/h1H2. The van der Waals surface area contributed by atoms with Gasteiger partial charge in [0.2, 0.25) is 5.91 Å². The molecule has 0 bridgehead atoms. The SMILES string of the molecule is [CH2]C(=O)N=[N+]=[N-]. The Labute approximate surface area is 34.4 Å². The van der Waals surface area contributed by atoms with E-state index >= 15 is 0 Å². The van der Waals surface area contributed by atoms with Crippen LogP contribution in [0.5, 0.6) is 0 Å². The highest BCUT2D eigenvalue weighted by Gasteiger charge is 1.75. The molecule has 0 aromatic heterocycles. The van der Waals surface area contributed by atoms with Gasteiger partial charge >= 0.3 is 0 Å². The van der Waals surface area contributed by atoms with Gasteiger partial charge in [-0.1, -0.05) is 0 Å². The lowest BCUT2D eigenvalue weighted by molar-refractivity contribution is -0.113. The number of azide groups is 1. The predicted molar refractivity (Wildman–Crippen MR) is 19.5 cm³/mol. The Hall–Kier alpha value is -1.02. The molecule has 0 atom stereocenters. The van der Waals surface area contributed by atoms with Crippen molar-refractivity contribution in [2.24, 2.45) is 5.11 Å². The lowest BCUT2D eigenvalue weighted by Crippen LogP contribution is -1.74. The highest BCUT2D eigenvalue weighted by atomic mass is 16.1. The summed E-state index contributed by atoms with van der Waals surface area (Å²) in [7, 11) is 0. The topological polar surface area (TPSA) is 65.8 Å². The third-order valence-corrected chi connectivity index (χ3v) is 0.156. The monoisotopic (exact) mass is 84.0 g/mol. The minimum Gasteiger partial charge on any atom is -0.293 e. The molecule has 0 heterocycles. The third-order valence-electron chi connectivity index (χ3n) is 0.156. The van der Waals surface area contributed by atoms with E-state index in [-0.39, 0.29) is 0 Å². The van der Waals surface area contributed by atoms with Crippen LogP contribution in [0.4, 0.5) is 0 Å². The fraction of sp³-hybridized carbons (Fsp3) is 0. The summed E-state index contributed by atoms with van der Waals surface area (Å²) in [6.45, 7) is 2.77. The van der Waals surface area contributed by atoms with Crippen LogP contribution in [0.25, 0.3) is 10.4 Å². The van der Waals surface area contributed by atoms with Gasteiger partial charge < -0.3 is 0 Å². The van der Waals surface area contributed by atoms with E-state index in [1.165, 1.54) is 0 Å². The molecule has 0 aliphatic heterocycles. The molecule has 31 valence electrons. The van der Waals surface area contributed by atoms with E-state index in [4.69, 9.17) is 5.53 Å². The molecule has 0 spiro atoms. The van der Waals surface area contributed by atoms with E-state index < -0.39 is 5.91 Å². The quantitative estimate of drug-likeness (QED) is 0.241.